The SMILES string of the molecule is N#CN(CO)C(=N)N. The van der Waals surface area contributed by atoms with Crippen molar-refractivity contribution < 1.29 is 5.11 Å². The van der Waals surface area contributed by atoms with Crippen LogP contribution in [0, 0.1) is 16.9 Å². The van der Waals surface area contributed by atoms with Crippen LogP contribution in [0.5, 0.6) is 0 Å². The molecule has 0 bridgehead atoms. The van der Waals surface area contributed by atoms with Gasteiger partial charge in [-0.05, 0) is 0 Å². The number of aliphatic hydroxyl groups excluding tert-OH is 1. The summed E-state index contributed by atoms with van der Waals surface area (Å²) in [5.74, 6) is -0.449. The summed E-state index contributed by atoms with van der Waals surface area (Å²) in [4.78, 5) is 0.639. The highest BCUT2D eigenvalue weighted by Crippen LogP contribution is 1.75. The van der Waals surface area contributed by atoms with Crippen LogP contribution in [0.15, 0.2) is 0 Å². The Kier molecular flexibility index (Phi) is 2.37. The first kappa shape index (κ1) is 6.72. The largest absolute Gasteiger partial charge is 0.375 e. The van der Waals surface area contributed by atoms with E-state index in [0.29, 0.717) is 4.90 Å². The van der Waals surface area contributed by atoms with Crippen LogP contribution < -0.4 is 5.73 Å². The molecule has 0 heterocycles. The molecule has 0 amide bonds. The number of nitrogens with one attached hydrogen (secondary N) is 1. The van der Waals surface area contributed by atoms with E-state index in [1.165, 1.54) is 6.19 Å². The van der Waals surface area contributed by atoms with Crippen LogP contribution in [0.2, 0.25) is 0 Å². The van der Waals surface area contributed by atoms with Crippen molar-refractivity contribution in [2.75, 3.05) is 6.73 Å². The van der Waals surface area contributed by atoms with Crippen molar-refractivity contribution in [2.45, 2.75) is 0 Å². The Bertz CT molecular complexity index is 126. The first-order chi connectivity index (χ1) is 3.72. The fraction of sp³-hybridized carbons (Fsp3) is 0.333. The zero-order chi connectivity index (χ0) is 6.57. The average Bonchev–Trinajstić information content (AvgIpc) is 1.69. The van der Waals surface area contributed by atoms with Crippen molar-refractivity contribution in [1.82, 2.24) is 4.90 Å². The average molecular weight is 114 g/mol. The highest BCUT2D eigenvalue weighted by Gasteiger charge is 1.98. The number of nitriles is 1. The molecule has 0 aromatic carbocycles. The number of hydrogen-bond donors (Lipinski definition) is 3. The molecule has 0 saturated carbocycles. The minimum atomic E-state index is -0.536. The normalized spacial score (nSPS) is 7.50. The lowest BCUT2D eigenvalue weighted by Gasteiger charge is -2.06. The molecule has 0 saturated heterocycles. The maximum atomic E-state index is 8.18. The molecule has 4 N–H and O–H groups in total. The molecule has 0 unspecified atom stereocenters. The minimum Gasteiger partial charge on any atom is -0.375 e. The Morgan fingerprint density at radius 3 is 2.50 bits per heavy atom. The second kappa shape index (κ2) is 2.82. The summed E-state index contributed by atoms with van der Waals surface area (Å²) in [7, 11) is 0. The van der Waals surface area contributed by atoms with Crippen molar-refractivity contribution in [3.05, 3.63) is 0 Å². The van der Waals surface area contributed by atoms with E-state index in [0.717, 1.165) is 0 Å². The molecule has 44 valence electrons. The quantitative estimate of drug-likeness (QED) is 0.128. The van der Waals surface area contributed by atoms with Crippen LogP contribution in [0.1, 0.15) is 0 Å². The first-order valence-corrected chi connectivity index (χ1v) is 1.84. The van der Waals surface area contributed by atoms with E-state index in [1.807, 2.05) is 0 Å². The fourth-order valence-corrected chi connectivity index (χ4v) is 0.162. The molecule has 0 radical (unpaired) electrons. The van der Waals surface area contributed by atoms with E-state index in [2.05, 4.69) is 0 Å². The molecule has 0 aromatic rings. The van der Waals surface area contributed by atoms with Gasteiger partial charge in [0, 0.05) is 0 Å². The summed E-state index contributed by atoms with van der Waals surface area (Å²) in [5, 5.41) is 22.7. The van der Waals surface area contributed by atoms with Gasteiger partial charge in [0.1, 0.15) is 6.73 Å². The minimum absolute atomic E-state index is 0.449. The number of guanidine groups is 1. The van der Waals surface area contributed by atoms with Crippen LogP contribution in [0.3, 0.4) is 0 Å². The predicted octanol–water partition coefficient (Wildman–Crippen LogP) is -1.39. The summed E-state index contributed by atoms with van der Waals surface area (Å²) in [6.07, 6.45) is 1.48. The van der Waals surface area contributed by atoms with Gasteiger partial charge >= 0.3 is 0 Å². The Morgan fingerprint density at radius 1 is 2.00 bits per heavy atom. The van der Waals surface area contributed by atoms with E-state index < -0.39 is 12.7 Å². The van der Waals surface area contributed by atoms with Crippen LogP contribution >= 0.6 is 0 Å². The van der Waals surface area contributed by atoms with Crippen molar-refractivity contribution in [3.8, 4) is 6.19 Å². The molecule has 0 aliphatic rings. The van der Waals surface area contributed by atoms with Gasteiger partial charge in [-0.3, -0.25) is 5.41 Å². The van der Waals surface area contributed by atoms with Crippen molar-refractivity contribution >= 4 is 5.96 Å². The van der Waals surface area contributed by atoms with Gasteiger partial charge in [-0.15, -0.1) is 0 Å². The summed E-state index contributed by atoms with van der Waals surface area (Å²) in [5.41, 5.74) is 4.78. The van der Waals surface area contributed by atoms with Gasteiger partial charge in [-0.1, -0.05) is 0 Å². The topological polar surface area (TPSA) is 97.1 Å². The maximum Gasteiger partial charge on any atom is 0.203 e. The molecule has 5 heteroatoms. The van der Waals surface area contributed by atoms with Gasteiger partial charge in [0.15, 0.2) is 6.19 Å². The molecule has 0 aliphatic carbocycles. The number of nitrogens with two attached hydrogens (primary N) is 1. The monoisotopic (exact) mass is 114 g/mol. The second-order valence-corrected chi connectivity index (χ2v) is 1.05. The summed E-state index contributed by atoms with van der Waals surface area (Å²) in [6, 6.07) is 0. The Balaban J connectivity index is 3.76. The lowest BCUT2D eigenvalue weighted by atomic mass is 10.8. The van der Waals surface area contributed by atoms with Crippen LogP contribution in [-0.2, 0) is 0 Å². The van der Waals surface area contributed by atoms with Crippen LogP contribution in [-0.4, -0.2) is 22.7 Å². The zero-order valence-corrected chi connectivity index (χ0v) is 4.13. The molecule has 8 heavy (non-hydrogen) atoms. The van der Waals surface area contributed by atoms with Gasteiger partial charge in [-0.25, -0.2) is 4.90 Å². The second-order valence-electron chi connectivity index (χ2n) is 1.05. The molecule has 0 aliphatic heterocycles. The molecule has 0 rings (SSSR count). The fourth-order valence-electron chi connectivity index (χ4n) is 0.162. The smallest absolute Gasteiger partial charge is 0.203 e. The van der Waals surface area contributed by atoms with E-state index in [4.69, 9.17) is 21.5 Å². The van der Waals surface area contributed by atoms with Crippen molar-refractivity contribution in [1.29, 1.82) is 10.7 Å². The van der Waals surface area contributed by atoms with Gasteiger partial charge in [0.2, 0.25) is 5.96 Å². The zero-order valence-electron chi connectivity index (χ0n) is 4.13. The highest BCUT2D eigenvalue weighted by molar-refractivity contribution is 5.75. The third-order valence-electron chi connectivity index (χ3n) is 0.553. The number of hydrogen-bond acceptors (Lipinski definition) is 3. The van der Waals surface area contributed by atoms with Crippen molar-refractivity contribution in [2.24, 2.45) is 5.73 Å². The van der Waals surface area contributed by atoms with Gasteiger partial charge in [0.25, 0.3) is 0 Å². The van der Waals surface area contributed by atoms with Gasteiger partial charge in [-0.2, -0.15) is 5.26 Å². The Labute approximate surface area is 46.4 Å². The first-order valence-electron chi connectivity index (χ1n) is 1.84. The Hall–Kier alpha value is -1.28. The third kappa shape index (κ3) is 1.45. The summed E-state index contributed by atoms with van der Waals surface area (Å²) in [6.45, 7) is -0.536. The highest BCUT2D eigenvalue weighted by atomic mass is 16.3. The predicted molar refractivity (Wildman–Crippen MR) is 26.5 cm³/mol. The maximum absolute atomic E-state index is 8.18. The Morgan fingerprint density at radius 2 is 2.50 bits per heavy atom. The van der Waals surface area contributed by atoms with E-state index in [1.54, 1.807) is 0 Å². The summed E-state index contributed by atoms with van der Waals surface area (Å²) >= 11 is 0. The van der Waals surface area contributed by atoms with E-state index in [-0.39, 0.29) is 0 Å². The molecule has 0 atom stereocenters. The van der Waals surface area contributed by atoms with Gasteiger partial charge in [0.05, 0.1) is 0 Å². The molecule has 0 spiro atoms. The molecule has 0 fully saturated rings. The van der Waals surface area contributed by atoms with Crippen LogP contribution in [0.25, 0.3) is 0 Å². The van der Waals surface area contributed by atoms with E-state index >= 15 is 0 Å². The number of aliphatic hydroxyl groups is 1. The number of nitrogens with zero attached hydrogens (tertiary/aromatic N) is 2. The lowest BCUT2D eigenvalue weighted by Crippen LogP contribution is -2.32. The van der Waals surface area contributed by atoms with E-state index in [9.17, 15) is 0 Å². The molecule has 5 nitrogen and oxygen atoms in total. The molecular formula is C3H6N4O. The van der Waals surface area contributed by atoms with Gasteiger partial charge < -0.3 is 10.8 Å². The standard InChI is InChI=1S/C3H6N4O/c4-1-7(2-8)3(5)6/h8H,2H2,(H3,5,6). The molecule has 0 aromatic heterocycles. The third-order valence-corrected chi connectivity index (χ3v) is 0.553. The lowest BCUT2D eigenvalue weighted by molar-refractivity contribution is 0.210. The van der Waals surface area contributed by atoms with Crippen molar-refractivity contribution in [3.63, 3.8) is 0 Å². The summed E-state index contributed by atoms with van der Waals surface area (Å²) < 4.78 is 0. The molecular weight excluding hydrogens is 108 g/mol. The van der Waals surface area contributed by atoms with Crippen LogP contribution in [0.4, 0.5) is 0 Å². The number of rotatable bonds is 1.